The molecule has 1 aromatic heterocycles. The van der Waals surface area contributed by atoms with Gasteiger partial charge in [0.05, 0.1) is 0 Å². The highest BCUT2D eigenvalue weighted by Gasteiger charge is 2.11. The Bertz CT molecular complexity index is 887. The van der Waals surface area contributed by atoms with Crippen LogP contribution in [0.2, 0.25) is 0 Å². The molecule has 3 aromatic rings. The van der Waals surface area contributed by atoms with Gasteiger partial charge in [0.15, 0.2) is 0 Å². The fourth-order valence-electron chi connectivity index (χ4n) is 2.62. The number of fused-ring (bicyclic) bond motifs is 1. The molecule has 0 fully saturated rings. The Kier molecular flexibility index (Phi) is 4.82. The van der Waals surface area contributed by atoms with E-state index in [9.17, 15) is 9.90 Å². The van der Waals surface area contributed by atoms with Crippen molar-refractivity contribution in [2.75, 3.05) is 13.2 Å². The number of quaternary nitrogens is 1. The standard InChI is InChI=1S/C19H19NO4/c1-13-17(21)8-7-16-14(11-18(22)24-19(13)16)12-20-9-10-23-15-5-3-2-4-6-15/h2-8,11,20-21H,9-10,12H2,1H3/p+1. The number of nitrogens with two attached hydrogens (primary N) is 1. The molecule has 24 heavy (non-hydrogen) atoms. The van der Waals surface area contributed by atoms with Gasteiger partial charge in [-0.15, -0.1) is 0 Å². The Morgan fingerprint density at radius 1 is 1.17 bits per heavy atom. The average molecular weight is 326 g/mol. The van der Waals surface area contributed by atoms with Gasteiger partial charge in [0.25, 0.3) is 0 Å². The lowest BCUT2D eigenvalue weighted by Crippen LogP contribution is -2.83. The predicted molar refractivity (Wildman–Crippen MR) is 91.3 cm³/mol. The van der Waals surface area contributed by atoms with E-state index in [2.05, 4.69) is 5.32 Å². The van der Waals surface area contributed by atoms with Gasteiger partial charge in [-0.1, -0.05) is 18.2 Å². The summed E-state index contributed by atoms with van der Waals surface area (Å²) in [5.41, 5.74) is 1.52. The SMILES string of the molecule is Cc1c(O)ccc2c(C[NH2+]CCOc3ccccc3)cc(=O)oc12. The highest BCUT2D eigenvalue weighted by Crippen LogP contribution is 2.26. The lowest BCUT2D eigenvalue weighted by atomic mass is 10.1. The van der Waals surface area contributed by atoms with E-state index < -0.39 is 5.63 Å². The summed E-state index contributed by atoms with van der Waals surface area (Å²) in [4.78, 5) is 11.8. The van der Waals surface area contributed by atoms with E-state index >= 15 is 0 Å². The van der Waals surface area contributed by atoms with E-state index in [1.165, 1.54) is 6.07 Å². The highest BCUT2D eigenvalue weighted by molar-refractivity contribution is 5.84. The van der Waals surface area contributed by atoms with Crippen molar-refractivity contribution in [3.8, 4) is 11.5 Å². The Labute approximate surface area is 139 Å². The molecule has 3 N–H and O–H groups in total. The minimum Gasteiger partial charge on any atom is -0.508 e. The van der Waals surface area contributed by atoms with Gasteiger partial charge >= 0.3 is 5.63 Å². The molecule has 0 spiro atoms. The van der Waals surface area contributed by atoms with Gasteiger partial charge in [0, 0.05) is 22.6 Å². The first kappa shape index (κ1) is 16.1. The topological polar surface area (TPSA) is 76.3 Å². The molecule has 0 saturated heterocycles. The Morgan fingerprint density at radius 3 is 2.75 bits per heavy atom. The van der Waals surface area contributed by atoms with Crippen molar-refractivity contribution in [1.29, 1.82) is 0 Å². The molecule has 2 aromatic carbocycles. The molecule has 0 aliphatic carbocycles. The third kappa shape index (κ3) is 3.58. The molecule has 0 aliphatic heterocycles. The van der Waals surface area contributed by atoms with Crippen LogP contribution in [-0.4, -0.2) is 18.3 Å². The van der Waals surface area contributed by atoms with Crippen LogP contribution in [0.25, 0.3) is 11.0 Å². The maximum atomic E-state index is 11.8. The van der Waals surface area contributed by atoms with E-state index in [0.717, 1.165) is 23.2 Å². The maximum Gasteiger partial charge on any atom is 0.336 e. The number of aryl methyl sites for hydroxylation is 1. The van der Waals surface area contributed by atoms with Crippen LogP contribution in [0, 0.1) is 6.92 Å². The van der Waals surface area contributed by atoms with Crippen molar-refractivity contribution >= 4 is 11.0 Å². The van der Waals surface area contributed by atoms with Crippen LogP contribution < -0.4 is 15.7 Å². The number of hydrogen-bond donors (Lipinski definition) is 2. The quantitative estimate of drug-likeness (QED) is 0.536. The molecule has 0 bridgehead atoms. The van der Waals surface area contributed by atoms with Gasteiger partial charge < -0.3 is 19.6 Å². The van der Waals surface area contributed by atoms with Gasteiger partial charge in [0.1, 0.15) is 36.8 Å². The minimum absolute atomic E-state index is 0.128. The second-order valence-electron chi connectivity index (χ2n) is 5.62. The molecule has 124 valence electrons. The number of phenolic OH excluding ortho intramolecular Hbond substituents is 1. The summed E-state index contributed by atoms with van der Waals surface area (Å²) in [5.74, 6) is 0.978. The third-order valence-corrected chi connectivity index (χ3v) is 3.92. The predicted octanol–water partition coefficient (Wildman–Crippen LogP) is 1.95. The van der Waals surface area contributed by atoms with E-state index in [1.807, 2.05) is 30.3 Å². The molecular formula is C19H20NO4+. The smallest absolute Gasteiger partial charge is 0.336 e. The van der Waals surface area contributed by atoms with E-state index in [4.69, 9.17) is 9.15 Å². The Morgan fingerprint density at radius 2 is 1.96 bits per heavy atom. The van der Waals surface area contributed by atoms with Crippen LogP contribution in [0.15, 0.2) is 57.7 Å². The molecule has 0 aliphatic rings. The second kappa shape index (κ2) is 7.19. The first-order valence-electron chi connectivity index (χ1n) is 7.90. The fourth-order valence-corrected chi connectivity index (χ4v) is 2.62. The molecule has 5 nitrogen and oxygen atoms in total. The first-order chi connectivity index (χ1) is 11.6. The van der Waals surface area contributed by atoms with Crippen LogP contribution >= 0.6 is 0 Å². The van der Waals surface area contributed by atoms with Gasteiger partial charge in [0.2, 0.25) is 0 Å². The Balaban J connectivity index is 1.65. The summed E-state index contributed by atoms with van der Waals surface area (Å²) in [6.45, 7) is 3.74. The number of phenols is 1. The van der Waals surface area contributed by atoms with Crippen molar-refractivity contribution in [2.24, 2.45) is 0 Å². The van der Waals surface area contributed by atoms with Gasteiger partial charge in [-0.05, 0) is 31.2 Å². The summed E-state index contributed by atoms with van der Waals surface area (Å²) >= 11 is 0. The second-order valence-corrected chi connectivity index (χ2v) is 5.62. The summed E-state index contributed by atoms with van der Waals surface area (Å²) in [7, 11) is 0. The molecule has 0 unspecified atom stereocenters. The lowest BCUT2D eigenvalue weighted by Gasteiger charge is -2.08. The number of rotatable bonds is 6. The molecule has 0 saturated carbocycles. The molecular weight excluding hydrogens is 306 g/mol. The molecule has 1 heterocycles. The number of aromatic hydroxyl groups is 1. The molecule has 0 amide bonds. The lowest BCUT2D eigenvalue weighted by molar-refractivity contribution is -0.671. The van der Waals surface area contributed by atoms with Crippen molar-refractivity contribution in [3.63, 3.8) is 0 Å². The zero-order valence-corrected chi connectivity index (χ0v) is 13.5. The van der Waals surface area contributed by atoms with E-state index in [0.29, 0.717) is 24.3 Å². The van der Waals surface area contributed by atoms with Crippen molar-refractivity contribution in [3.05, 3.63) is 70.1 Å². The summed E-state index contributed by atoms with van der Waals surface area (Å²) in [5, 5.41) is 12.7. The van der Waals surface area contributed by atoms with E-state index in [-0.39, 0.29) is 5.75 Å². The first-order valence-corrected chi connectivity index (χ1v) is 7.90. The summed E-state index contributed by atoms with van der Waals surface area (Å²) in [6, 6.07) is 14.6. The molecule has 5 heteroatoms. The van der Waals surface area contributed by atoms with Gasteiger partial charge in [-0.3, -0.25) is 0 Å². The van der Waals surface area contributed by atoms with Crippen LogP contribution in [-0.2, 0) is 6.54 Å². The van der Waals surface area contributed by atoms with Crippen LogP contribution in [0.5, 0.6) is 11.5 Å². The largest absolute Gasteiger partial charge is 0.508 e. The maximum absolute atomic E-state index is 11.8. The number of ether oxygens (including phenoxy) is 1. The van der Waals surface area contributed by atoms with Crippen molar-refractivity contribution < 1.29 is 19.6 Å². The number of para-hydroxylation sites is 1. The van der Waals surface area contributed by atoms with Gasteiger partial charge in [-0.2, -0.15) is 0 Å². The third-order valence-electron chi connectivity index (χ3n) is 3.92. The van der Waals surface area contributed by atoms with Crippen LogP contribution in [0.3, 0.4) is 0 Å². The minimum atomic E-state index is -0.403. The molecule has 0 radical (unpaired) electrons. The highest BCUT2D eigenvalue weighted by atomic mass is 16.5. The van der Waals surface area contributed by atoms with Crippen LogP contribution in [0.4, 0.5) is 0 Å². The average Bonchev–Trinajstić information content (AvgIpc) is 2.59. The monoisotopic (exact) mass is 326 g/mol. The van der Waals surface area contributed by atoms with Crippen molar-refractivity contribution in [2.45, 2.75) is 13.5 Å². The number of benzene rings is 2. The summed E-state index contributed by atoms with van der Waals surface area (Å²) < 4.78 is 10.9. The van der Waals surface area contributed by atoms with Crippen LogP contribution in [0.1, 0.15) is 11.1 Å². The Hall–Kier alpha value is -2.79. The van der Waals surface area contributed by atoms with Crippen molar-refractivity contribution in [1.82, 2.24) is 0 Å². The fraction of sp³-hybridized carbons (Fsp3) is 0.211. The molecule has 3 rings (SSSR count). The normalized spacial score (nSPS) is 10.9. The zero-order chi connectivity index (χ0) is 16.9. The number of hydrogen-bond acceptors (Lipinski definition) is 4. The zero-order valence-electron chi connectivity index (χ0n) is 13.5. The summed E-state index contributed by atoms with van der Waals surface area (Å²) in [6.07, 6.45) is 0. The van der Waals surface area contributed by atoms with Gasteiger partial charge in [-0.25, -0.2) is 4.79 Å². The van der Waals surface area contributed by atoms with E-state index in [1.54, 1.807) is 19.1 Å². The molecule has 0 atom stereocenters.